The molecule has 0 bridgehead atoms. The Morgan fingerprint density at radius 1 is 1.64 bits per heavy atom. The van der Waals surface area contributed by atoms with Crippen LogP contribution in [0.2, 0.25) is 0 Å². The van der Waals surface area contributed by atoms with Gasteiger partial charge in [0.05, 0.1) is 18.7 Å². The standard InChI is InChI=1S/C9H17N3O2/c1-2-3-8(13)6-11-7-9(14)12-5-4-10/h8,11,13H,2-3,5-7H2,1H3,(H,12,14). The van der Waals surface area contributed by atoms with Crippen molar-refractivity contribution in [1.29, 1.82) is 5.26 Å². The summed E-state index contributed by atoms with van der Waals surface area (Å²) in [7, 11) is 0. The van der Waals surface area contributed by atoms with Gasteiger partial charge < -0.3 is 15.7 Å². The van der Waals surface area contributed by atoms with Crippen LogP contribution in [0, 0.1) is 11.3 Å². The van der Waals surface area contributed by atoms with Gasteiger partial charge in [-0.15, -0.1) is 0 Å². The van der Waals surface area contributed by atoms with Gasteiger partial charge >= 0.3 is 0 Å². The Balaban J connectivity index is 3.35. The summed E-state index contributed by atoms with van der Waals surface area (Å²) >= 11 is 0. The van der Waals surface area contributed by atoms with Crippen molar-refractivity contribution in [3.8, 4) is 6.07 Å². The highest BCUT2D eigenvalue weighted by Crippen LogP contribution is 1.92. The SMILES string of the molecule is CCCC(O)CNCC(=O)NCC#N. The molecule has 1 unspecified atom stereocenters. The fourth-order valence-electron chi connectivity index (χ4n) is 0.988. The number of hydrogen-bond acceptors (Lipinski definition) is 4. The smallest absolute Gasteiger partial charge is 0.234 e. The minimum atomic E-state index is -0.399. The predicted octanol–water partition coefficient (Wildman–Crippen LogP) is -0.623. The number of carbonyl (C=O) groups is 1. The van der Waals surface area contributed by atoms with Gasteiger partial charge in [0.1, 0.15) is 6.54 Å². The van der Waals surface area contributed by atoms with Crippen LogP contribution in [0.3, 0.4) is 0 Å². The molecule has 0 aromatic heterocycles. The van der Waals surface area contributed by atoms with Crippen LogP contribution in [-0.2, 0) is 4.79 Å². The average Bonchev–Trinajstić information content (AvgIpc) is 2.15. The molecular formula is C9H17N3O2. The highest BCUT2D eigenvalue weighted by Gasteiger charge is 2.03. The lowest BCUT2D eigenvalue weighted by Crippen LogP contribution is -2.37. The van der Waals surface area contributed by atoms with Gasteiger partial charge in [-0.05, 0) is 6.42 Å². The van der Waals surface area contributed by atoms with Crippen molar-refractivity contribution in [2.75, 3.05) is 19.6 Å². The van der Waals surface area contributed by atoms with Crippen LogP contribution in [-0.4, -0.2) is 36.8 Å². The summed E-state index contributed by atoms with van der Waals surface area (Å²) in [6.07, 6.45) is 1.25. The van der Waals surface area contributed by atoms with Gasteiger partial charge in [0.25, 0.3) is 0 Å². The van der Waals surface area contributed by atoms with Gasteiger partial charge in [-0.25, -0.2) is 0 Å². The van der Waals surface area contributed by atoms with E-state index in [9.17, 15) is 9.90 Å². The molecular weight excluding hydrogens is 182 g/mol. The van der Waals surface area contributed by atoms with Gasteiger partial charge in [0.2, 0.25) is 5.91 Å². The van der Waals surface area contributed by atoms with Crippen molar-refractivity contribution in [3.05, 3.63) is 0 Å². The van der Waals surface area contributed by atoms with E-state index in [1.54, 1.807) is 0 Å². The fraction of sp³-hybridized carbons (Fsp3) is 0.778. The third kappa shape index (κ3) is 7.53. The molecule has 0 aliphatic carbocycles. The molecule has 0 fully saturated rings. The maximum Gasteiger partial charge on any atom is 0.234 e. The number of aliphatic hydroxyl groups is 1. The van der Waals surface area contributed by atoms with Crippen molar-refractivity contribution in [3.63, 3.8) is 0 Å². The van der Waals surface area contributed by atoms with E-state index in [2.05, 4.69) is 10.6 Å². The van der Waals surface area contributed by atoms with Crippen LogP contribution in [0.15, 0.2) is 0 Å². The first-order chi connectivity index (χ1) is 6.70. The van der Waals surface area contributed by atoms with Gasteiger partial charge in [0, 0.05) is 6.54 Å². The highest BCUT2D eigenvalue weighted by molar-refractivity contribution is 5.78. The fourth-order valence-corrected chi connectivity index (χ4v) is 0.988. The third-order valence-corrected chi connectivity index (χ3v) is 1.65. The van der Waals surface area contributed by atoms with Crippen molar-refractivity contribution < 1.29 is 9.90 Å². The zero-order valence-electron chi connectivity index (χ0n) is 8.42. The number of aliphatic hydroxyl groups excluding tert-OH is 1. The summed E-state index contributed by atoms with van der Waals surface area (Å²) in [5, 5.41) is 22.7. The molecule has 0 aliphatic rings. The molecule has 0 saturated heterocycles. The van der Waals surface area contributed by atoms with Crippen LogP contribution >= 0.6 is 0 Å². The third-order valence-electron chi connectivity index (χ3n) is 1.65. The summed E-state index contributed by atoms with van der Waals surface area (Å²) in [6, 6.07) is 1.81. The Hall–Kier alpha value is -1.12. The Morgan fingerprint density at radius 3 is 2.93 bits per heavy atom. The minimum Gasteiger partial charge on any atom is -0.392 e. The first kappa shape index (κ1) is 12.9. The summed E-state index contributed by atoms with van der Waals surface area (Å²) in [5.74, 6) is -0.227. The first-order valence-corrected chi connectivity index (χ1v) is 4.73. The quantitative estimate of drug-likeness (QED) is 0.477. The maximum absolute atomic E-state index is 10.9. The molecule has 5 heteroatoms. The second kappa shape index (κ2) is 8.48. The van der Waals surface area contributed by atoms with E-state index in [0.717, 1.165) is 12.8 Å². The van der Waals surface area contributed by atoms with E-state index in [-0.39, 0.29) is 19.0 Å². The molecule has 5 nitrogen and oxygen atoms in total. The average molecular weight is 199 g/mol. The summed E-state index contributed by atoms with van der Waals surface area (Å²) in [6.45, 7) is 2.57. The lowest BCUT2D eigenvalue weighted by Gasteiger charge is -2.09. The summed E-state index contributed by atoms with van der Waals surface area (Å²) in [4.78, 5) is 10.9. The van der Waals surface area contributed by atoms with Gasteiger partial charge in [-0.2, -0.15) is 5.26 Å². The molecule has 0 aliphatic heterocycles. The topological polar surface area (TPSA) is 85.2 Å². The van der Waals surface area contributed by atoms with Gasteiger partial charge in [-0.3, -0.25) is 4.79 Å². The zero-order chi connectivity index (χ0) is 10.8. The number of nitrogens with one attached hydrogen (secondary N) is 2. The maximum atomic E-state index is 10.9. The van der Waals surface area contributed by atoms with E-state index in [0.29, 0.717) is 6.54 Å². The second-order valence-electron chi connectivity index (χ2n) is 3.01. The Labute approximate surface area is 84.1 Å². The van der Waals surface area contributed by atoms with Crippen molar-refractivity contribution in [2.45, 2.75) is 25.9 Å². The van der Waals surface area contributed by atoms with Crippen molar-refractivity contribution in [2.24, 2.45) is 0 Å². The summed E-state index contributed by atoms with van der Waals surface area (Å²) < 4.78 is 0. The van der Waals surface area contributed by atoms with Crippen LogP contribution in [0.25, 0.3) is 0 Å². The molecule has 0 aromatic rings. The van der Waals surface area contributed by atoms with Crippen LogP contribution in [0.1, 0.15) is 19.8 Å². The van der Waals surface area contributed by atoms with E-state index in [4.69, 9.17) is 5.26 Å². The van der Waals surface area contributed by atoms with E-state index in [1.165, 1.54) is 0 Å². The van der Waals surface area contributed by atoms with Crippen LogP contribution in [0.4, 0.5) is 0 Å². The number of hydrogen-bond donors (Lipinski definition) is 3. The zero-order valence-corrected chi connectivity index (χ0v) is 8.42. The second-order valence-corrected chi connectivity index (χ2v) is 3.01. The van der Waals surface area contributed by atoms with E-state index in [1.807, 2.05) is 13.0 Å². The molecule has 0 heterocycles. The number of nitrogens with zero attached hydrogens (tertiary/aromatic N) is 1. The molecule has 0 radical (unpaired) electrons. The molecule has 1 amide bonds. The Bertz CT molecular complexity index is 201. The molecule has 0 rings (SSSR count). The number of rotatable bonds is 7. The lowest BCUT2D eigenvalue weighted by molar-refractivity contribution is -0.120. The number of carbonyl (C=O) groups excluding carboxylic acids is 1. The predicted molar refractivity (Wildman–Crippen MR) is 52.4 cm³/mol. The van der Waals surface area contributed by atoms with Crippen LogP contribution < -0.4 is 10.6 Å². The van der Waals surface area contributed by atoms with Gasteiger partial charge in [-0.1, -0.05) is 13.3 Å². The Morgan fingerprint density at radius 2 is 2.36 bits per heavy atom. The molecule has 1 atom stereocenters. The molecule has 0 saturated carbocycles. The van der Waals surface area contributed by atoms with Crippen molar-refractivity contribution >= 4 is 5.91 Å². The molecule has 14 heavy (non-hydrogen) atoms. The molecule has 0 aromatic carbocycles. The highest BCUT2D eigenvalue weighted by atomic mass is 16.3. The number of nitriles is 1. The van der Waals surface area contributed by atoms with Crippen molar-refractivity contribution in [1.82, 2.24) is 10.6 Å². The van der Waals surface area contributed by atoms with Crippen LogP contribution in [0.5, 0.6) is 0 Å². The molecule has 80 valence electrons. The lowest BCUT2D eigenvalue weighted by atomic mass is 10.2. The summed E-state index contributed by atoms with van der Waals surface area (Å²) in [5.41, 5.74) is 0. The molecule has 0 spiro atoms. The van der Waals surface area contributed by atoms with E-state index < -0.39 is 6.10 Å². The van der Waals surface area contributed by atoms with Gasteiger partial charge in [0.15, 0.2) is 0 Å². The minimum absolute atomic E-state index is 0.0258. The molecule has 3 N–H and O–H groups in total. The Kier molecular flexibility index (Phi) is 7.80. The first-order valence-electron chi connectivity index (χ1n) is 4.73. The monoisotopic (exact) mass is 199 g/mol. The van der Waals surface area contributed by atoms with E-state index >= 15 is 0 Å². The number of amides is 1. The normalized spacial score (nSPS) is 11.8. The largest absolute Gasteiger partial charge is 0.392 e.